The minimum atomic E-state index is 0.0129. The summed E-state index contributed by atoms with van der Waals surface area (Å²) in [6.45, 7) is 0. The Kier molecular flexibility index (Phi) is 6.34. The zero-order valence-corrected chi connectivity index (χ0v) is 15.6. The van der Waals surface area contributed by atoms with Gasteiger partial charge in [0.25, 0.3) is 0 Å². The Hall–Kier alpha value is 0.964. The second kappa shape index (κ2) is 5.73. The summed E-state index contributed by atoms with van der Waals surface area (Å²) < 4.78 is 5.30. The first kappa shape index (κ1) is 9.96. The molecule has 0 bridgehead atoms. The fourth-order valence-electron chi connectivity index (χ4n) is 0.803. The van der Waals surface area contributed by atoms with Gasteiger partial charge in [-0.1, -0.05) is 0 Å². The van der Waals surface area contributed by atoms with E-state index >= 15 is 0 Å². The predicted octanol–water partition coefficient (Wildman–Crippen LogP) is -6.35. The van der Waals surface area contributed by atoms with Crippen LogP contribution in [0.4, 0.5) is 0 Å². The van der Waals surface area contributed by atoms with E-state index in [4.69, 9.17) is 0 Å². The van der Waals surface area contributed by atoms with Crippen LogP contribution in [-0.2, 0) is 0 Å². The summed E-state index contributed by atoms with van der Waals surface area (Å²) in [5.41, 5.74) is 0. The monoisotopic (exact) mass is 211 g/mol. The summed E-state index contributed by atoms with van der Waals surface area (Å²) in [4.78, 5) is 3.31. The molecule has 0 unspecified atom stereocenters. The molecule has 0 fully saturated rings. The molecule has 0 amide bonds. The minimum Gasteiger partial charge on any atom is -0.377 e. The zero-order valence-electron chi connectivity index (χ0n) is 6.81. The maximum Gasteiger partial charge on any atom is 0.156 e. The molecule has 0 aromatic heterocycles. The van der Waals surface area contributed by atoms with Gasteiger partial charge in [-0.15, -0.1) is 0 Å². The molecule has 0 rings (SSSR count). The van der Waals surface area contributed by atoms with E-state index in [1.54, 1.807) is 0 Å². The highest BCUT2D eigenvalue weighted by molar-refractivity contribution is 6.64. The summed E-state index contributed by atoms with van der Waals surface area (Å²) in [6.07, 6.45) is 0. The first-order valence-electron chi connectivity index (χ1n) is 3.14. The number of nitrogens with one attached hydrogen (secondary N) is 1. The lowest BCUT2D eigenvalue weighted by molar-refractivity contribution is 0.954. The van der Waals surface area contributed by atoms with E-state index in [0.29, 0.717) is 0 Å². The van der Waals surface area contributed by atoms with Gasteiger partial charge in [0.15, 0.2) is 9.84 Å². The van der Waals surface area contributed by atoms with Crippen LogP contribution in [0.25, 0.3) is 0 Å². The van der Waals surface area contributed by atoms with Gasteiger partial charge in [0, 0.05) is 0 Å². The summed E-state index contributed by atoms with van der Waals surface area (Å²) >= 11 is 0. The van der Waals surface area contributed by atoms with E-state index in [1.165, 1.54) is 31.2 Å². The van der Waals surface area contributed by atoms with Crippen molar-refractivity contribution in [3.63, 3.8) is 0 Å². The van der Waals surface area contributed by atoms with Crippen LogP contribution in [0.5, 0.6) is 0 Å². The molecule has 0 saturated heterocycles. The molecule has 8 heteroatoms. The largest absolute Gasteiger partial charge is 0.377 e. The zero-order chi connectivity index (χ0) is 7.28. The molecular formula is CH17N3Si5. The Morgan fingerprint density at radius 2 is 1.89 bits per heavy atom. The Balaban J connectivity index is 3.15. The maximum absolute atomic E-state index is 3.31. The van der Waals surface area contributed by atoms with Crippen molar-refractivity contribution in [2.24, 2.45) is 0 Å². The van der Waals surface area contributed by atoms with Crippen LogP contribution in [0.2, 0.25) is 0 Å². The van der Waals surface area contributed by atoms with E-state index in [-0.39, 0.29) is 19.7 Å². The van der Waals surface area contributed by atoms with Crippen LogP contribution in [0.1, 0.15) is 0 Å². The SMILES string of the molecule is CN[SiH2]N([SiH3])[SiH2]N([SiH3])[SiH3]. The van der Waals surface area contributed by atoms with Crippen molar-refractivity contribution in [2.45, 2.75) is 0 Å². The first-order chi connectivity index (χ1) is 4.16. The third-order valence-corrected chi connectivity index (χ3v) is 7.62. The van der Waals surface area contributed by atoms with Gasteiger partial charge in [-0.05, 0) is 7.05 Å². The highest BCUT2D eigenvalue weighted by Gasteiger charge is 1.96. The maximum atomic E-state index is 3.31. The molecule has 3 nitrogen and oxygen atoms in total. The van der Waals surface area contributed by atoms with Gasteiger partial charge in [-0.2, -0.15) is 0 Å². The van der Waals surface area contributed by atoms with Gasteiger partial charge in [-0.25, -0.2) is 0 Å². The van der Waals surface area contributed by atoms with Crippen LogP contribution in [0, 0.1) is 0 Å². The average Bonchev–Trinajstić information content (AvgIpc) is 1.63. The number of hydrogen-bond donors (Lipinski definition) is 1. The number of nitrogens with zero attached hydrogens (tertiary/aromatic N) is 2. The normalized spacial score (nSPS) is 15.0. The molecule has 0 heterocycles. The van der Waals surface area contributed by atoms with Crippen molar-refractivity contribution < 1.29 is 0 Å². The molecule has 56 valence electrons. The highest BCUT2D eigenvalue weighted by atomic mass is 28.4. The van der Waals surface area contributed by atoms with Crippen LogP contribution in [0.3, 0.4) is 0 Å². The quantitative estimate of drug-likeness (QED) is 0.467. The van der Waals surface area contributed by atoms with Crippen molar-refractivity contribution in [3.8, 4) is 0 Å². The van der Waals surface area contributed by atoms with E-state index in [9.17, 15) is 0 Å². The fourth-order valence-corrected chi connectivity index (χ4v) is 15.9. The summed E-state index contributed by atoms with van der Waals surface area (Å²) in [6, 6.07) is 0. The topological polar surface area (TPSA) is 18.5 Å². The molecule has 1 N–H and O–H groups in total. The van der Waals surface area contributed by atoms with Gasteiger partial charge in [-0.3, -0.25) is 0 Å². The lowest BCUT2D eigenvalue weighted by Crippen LogP contribution is -2.44. The van der Waals surface area contributed by atoms with E-state index < -0.39 is 0 Å². The molecule has 0 atom stereocenters. The third-order valence-electron chi connectivity index (χ3n) is 0.952. The second-order valence-electron chi connectivity index (χ2n) is 2.59. The van der Waals surface area contributed by atoms with E-state index in [0.717, 1.165) is 0 Å². The predicted molar refractivity (Wildman–Crippen MR) is 59.6 cm³/mol. The van der Waals surface area contributed by atoms with E-state index in [1.807, 2.05) is 0 Å². The molecular weight excluding hydrogens is 194 g/mol. The van der Waals surface area contributed by atoms with Gasteiger partial charge in [0.05, 0.1) is 31.2 Å². The van der Waals surface area contributed by atoms with Crippen LogP contribution in [-0.4, -0.2) is 65.7 Å². The Bertz CT molecular complexity index is 67.2. The fraction of sp³-hybridized carbons (Fsp3) is 1.00. The lowest BCUT2D eigenvalue weighted by Gasteiger charge is -2.20. The van der Waals surface area contributed by atoms with Gasteiger partial charge in [0.2, 0.25) is 0 Å². The minimum absolute atomic E-state index is 0.0129. The number of rotatable bonds is 4. The van der Waals surface area contributed by atoms with Crippen molar-refractivity contribution in [2.75, 3.05) is 7.05 Å². The van der Waals surface area contributed by atoms with Crippen molar-refractivity contribution >= 4 is 50.9 Å². The first-order valence-corrected chi connectivity index (χ1v) is 8.43. The standard InChI is InChI=1S/CH17N3Si5/c1-2-8-4(7)9-3(5)6/h2H,8-9H2,1,5-7H3. The molecule has 0 aliphatic heterocycles. The highest BCUT2D eigenvalue weighted by Crippen LogP contribution is 1.70. The molecule has 0 radical (unpaired) electrons. The Labute approximate surface area is 71.0 Å². The van der Waals surface area contributed by atoms with Crippen molar-refractivity contribution in [1.29, 1.82) is 0 Å². The Morgan fingerprint density at radius 3 is 2.22 bits per heavy atom. The molecule has 0 aliphatic carbocycles. The molecule has 0 aromatic carbocycles. The number of hydrogen-bond acceptors (Lipinski definition) is 3. The van der Waals surface area contributed by atoms with Crippen molar-refractivity contribution in [3.05, 3.63) is 0 Å². The third kappa shape index (κ3) is 6.85. The lowest BCUT2D eigenvalue weighted by atomic mass is 11.6. The van der Waals surface area contributed by atoms with Gasteiger partial charge >= 0.3 is 0 Å². The van der Waals surface area contributed by atoms with Crippen LogP contribution >= 0.6 is 0 Å². The molecule has 0 saturated carbocycles. The second-order valence-corrected chi connectivity index (χ2v) is 19.4. The van der Waals surface area contributed by atoms with Gasteiger partial charge in [0.1, 0.15) is 9.84 Å². The average molecular weight is 212 g/mol. The molecule has 0 spiro atoms. The smallest absolute Gasteiger partial charge is 0.156 e. The summed E-state index contributed by atoms with van der Waals surface area (Å²) in [7, 11) is 6.11. The molecule has 0 aromatic rings. The molecule has 0 aliphatic rings. The van der Waals surface area contributed by atoms with Crippen LogP contribution < -0.4 is 4.98 Å². The molecule has 9 heavy (non-hydrogen) atoms. The van der Waals surface area contributed by atoms with Gasteiger partial charge < -0.3 is 12.8 Å². The summed E-state index contributed by atoms with van der Waals surface area (Å²) in [5, 5.41) is 0. The summed E-state index contributed by atoms with van der Waals surface area (Å²) in [5.74, 6) is 0. The Morgan fingerprint density at radius 1 is 1.33 bits per heavy atom. The van der Waals surface area contributed by atoms with E-state index in [2.05, 4.69) is 19.8 Å². The van der Waals surface area contributed by atoms with Crippen LogP contribution in [0.15, 0.2) is 0 Å². The van der Waals surface area contributed by atoms with Crippen molar-refractivity contribution in [1.82, 2.24) is 12.8 Å².